The number of carbonyl (C=O) groups excluding carboxylic acids is 1. The molecule has 1 amide bonds. The van der Waals surface area contributed by atoms with Gasteiger partial charge < -0.3 is 10.6 Å². The molecule has 0 unspecified atom stereocenters. The van der Waals surface area contributed by atoms with E-state index in [9.17, 15) is 13.2 Å². The molecular formula is C23H32N2O3S. The van der Waals surface area contributed by atoms with Gasteiger partial charge >= 0.3 is 0 Å². The second kappa shape index (κ2) is 10.0. The van der Waals surface area contributed by atoms with Gasteiger partial charge in [-0.3, -0.25) is 4.79 Å². The van der Waals surface area contributed by atoms with Crippen molar-refractivity contribution < 1.29 is 13.2 Å². The molecule has 0 aliphatic heterocycles. The molecule has 0 bridgehead atoms. The quantitative estimate of drug-likeness (QED) is 0.630. The molecule has 2 N–H and O–H groups in total. The number of benzene rings is 2. The van der Waals surface area contributed by atoms with Gasteiger partial charge in [0.1, 0.15) is 0 Å². The molecule has 6 heteroatoms. The van der Waals surface area contributed by atoms with Crippen LogP contribution in [0.3, 0.4) is 0 Å². The van der Waals surface area contributed by atoms with Crippen molar-refractivity contribution in [3.8, 4) is 0 Å². The van der Waals surface area contributed by atoms with Gasteiger partial charge in [-0.25, -0.2) is 8.42 Å². The third kappa shape index (κ3) is 6.41. The molecule has 0 heterocycles. The molecule has 2 atom stereocenters. The predicted molar refractivity (Wildman–Crippen MR) is 119 cm³/mol. The van der Waals surface area contributed by atoms with Crippen molar-refractivity contribution in [2.75, 3.05) is 18.1 Å². The summed E-state index contributed by atoms with van der Waals surface area (Å²) in [5.74, 6) is 0.540. The van der Waals surface area contributed by atoms with Crippen molar-refractivity contribution in [1.82, 2.24) is 5.32 Å². The van der Waals surface area contributed by atoms with E-state index in [1.807, 2.05) is 0 Å². The van der Waals surface area contributed by atoms with E-state index in [-0.39, 0.29) is 23.4 Å². The lowest BCUT2D eigenvalue weighted by Crippen LogP contribution is -2.33. The monoisotopic (exact) mass is 416 g/mol. The molecule has 0 aromatic heterocycles. The van der Waals surface area contributed by atoms with Crippen molar-refractivity contribution in [1.29, 1.82) is 0 Å². The van der Waals surface area contributed by atoms with E-state index in [4.69, 9.17) is 0 Å². The van der Waals surface area contributed by atoms with Gasteiger partial charge in [-0.2, -0.15) is 0 Å². The molecule has 2 aromatic rings. The Bertz CT molecular complexity index is 921. The highest BCUT2D eigenvalue weighted by Gasteiger charge is 2.18. The zero-order valence-corrected chi connectivity index (χ0v) is 18.7. The Morgan fingerprint density at radius 1 is 0.966 bits per heavy atom. The number of anilines is 1. The minimum atomic E-state index is -3.42. The second-order valence-electron chi connectivity index (χ2n) is 7.90. The van der Waals surface area contributed by atoms with E-state index in [0.29, 0.717) is 17.5 Å². The molecule has 158 valence electrons. The van der Waals surface area contributed by atoms with Crippen LogP contribution in [0.15, 0.2) is 53.4 Å². The highest BCUT2D eigenvalue weighted by atomic mass is 32.2. The van der Waals surface area contributed by atoms with E-state index in [2.05, 4.69) is 62.6 Å². The van der Waals surface area contributed by atoms with Crippen LogP contribution in [0.5, 0.6) is 0 Å². The van der Waals surface area contributed by atoms with Gasteiger partial charge in [-0.15, -0.1) is 0 Å². The molecule has 0 saturated carbocycles. The summed E-state index contributed by atoms with van der Waals surface area (Å²) in [4.78, 5) is 12.6. The van der Waals surface area contributed by atoms with Crippen LogP contribution < -0.4 is 10.6 Å². The Hall–Kier alpha value is -2.18. The smallest absolute Gasteiger partial charge is 0.238 e. The van der Waals surface area contributed by atoms with E-state index in [1.54, 1.807) is 18.2 Å². The fourth-order valence-corrected chi connectivity index (χ4v) is 4.14. The number of amides is 1. The summed E-state index contributed by atoms with van der Waals surface area (Å²) >= 11 is 0. The normalized spacial score (nSPS) is 13.9. The first-order valence-corrected chi connectivity index (χ1v) is 11.9. The number of nitrogens with one attached hydrogen (secondary N) is 2. The first-order chi connectivity index (χ1) is 13.6. The molecule has 0 fully saturated rings. The number of hydrogen-bond donors (Lipinski definition) is 2. The molecule has 0 radical (unpaired) electrons. The second-order valence-corrected chi connectivity index (χ2v) is 9.88. The maximum Gasteiger partial charge on any atom is 0.238 e. The van der Waals surface area contributed by atoms with Crippen LogP contribution in [0.2, 0.25) is 0 Å². The minimum absolute atomic E-state index is 0.0249. The number of sulfone groups is 1. The molecule has 29 heavy (non-hydrogen) atoms. The maximum absolute atomic E-state index is 12.5. The fraction of sp³-hybridized carbons (Fsp3) is 0.435. The third-order valence-corrected chi connectivity index (χ3v) is 6.34. The summed E-state index contributed by atoms with van der Waals surface area (Å²) in [5.41, 5.74) is 2.76. The summed E-state index contributed by atoms with van der Waals surface area (Å²) in [7, 11) is -3.42. The summed E-state index contributed by atoms with van der Waals surface area (Å²) in [6.45, 7) is 8.70. The zero-order chi connectivity index (χ0) is 21.6. The fourth-order valence-electron chi connectivity index (χ4n) is 3.30. The van der Waals surface area contributed by atoms with Gasteiger partial charge in [0.25, 0.3) is 0 Å². The molecule has 5 nitrogen and oxygen atoms in total. The Morgan fingerprint density at radius 3 is 2.10 bits per heavy atom. The van der Waals surface area contributed by atoms with E-state index in [0.717, 1.165) is 18.2 Å². The van der Waals surface area contributed by atoms with Crippen LogP contribution in [0, 0.1) is 5.92 Å². The van der Waals surface area contributed by atoms with Crippen LogP contribution in [0.1, 0.15) is 57.2 Å². The minimum Gasteiger partial charge on any atom is -0.324 e. The maximum atomic E-state index is 12.5. The Balaban J connectivity index is 2.07. The van der Waals surface area contributed by atoms with Crippen molar-refractivity contribution in [2.45, 2.75) is 51.0 Å². The molecular weight excluding hydrogens is 384 g/mol. The lowest BCUT2D eigenvalue weighted by atomic mass is 9.92. The topological polar surface area (TPSA) is 75.3 Å². The Kier molecular flexibility index (Phi) is 7.99. The SMILES string of the molecule is CC[C@@H](C)c1ccc([C@@H](NCC(=O)Nc2ccccc2S(C)(=O)=O)C(C)C)cc1. The van der Waals surface area contributed by atoms with Crippen molar-refractivity contribution in [3.05, 3.63) is 59.7 Å². The zero-order valence-electron chi connectivity index (χ0n) is 17.9. The average Bonchev–Trinajstić information content (AvgIpc) is 2.67. The van der Waals surface area contributed by atoms with Gasteiger partial charge in [0.15, 0.2) is 9.84 Å². The number of carbonyl (C=O) groups is 1. The van der Waals surface area contributed by atoms with Crippen molar-refractivity contribution in [2.24, 2.45) is 5.92 Å². The van der Waals surface area contributed by atoms with Gasteiger partial charge in [0.2, 0.25) is 5.91 Å². The van der Waals surface area contributed by atoms with Gasteiger partial charge in [0, 0.05) is 12.3 Å². The van der Waals surface area contributed by atoms with Crippen molar-refractivity contribution >= 4 is 21.4 Å². The largest absolute Gasteiger partial charge is 0.324 e. The van der Waals surface area contributed by atoms with Gasteiger partial charge in [-0.1, -0.05) is 64.1 Å². The summed E-state index contributed by atoms with van der Waals surface area (Å²) < 4.78 is 23.8. The van der Waals surface area contributed by atoms with Crippen LogP contribution in [-0.4, -0.2) is 27.1 Å². The molecule has 0 aliphatic carbocycles. The Labute approximate surface area is 174 Å². The molecule has 0 spiro atoms. The van der Waals surface area contributed by atoms with E-state index < -0.39 is 9.84 Å². The van der Waals surface area contributed by atoms with Crippen LogP contribution >= 0.6 is 0 Å². The molecule has 0 aliphatic rings. The molecule has 2 rings (SSSR count). The van der Waals surface area contributed by atoms with Gasteiger partial charge in [0.05, 0.1) is 17.1 Å². The average molecular weight is 417 g/mol. The van der Waals surface area contributed by atoms with Crippen LogP contribution in [0.4, 0.5) is 5.69 Å². The molecule has 0 saturated heterocycles. The number of rotatable bonds is 9. The first kappa shape index (κ1) is 23.1. The Morgan fingerprint density at radius 2 is 1.55 bits per heavy atom. The summed E-state index contributed by atoms with van der Waals surface area (Å²) in [6, 6.07) is 15.0. The number of para-hydroxylation sites is 1. The summed E-state index contributed by atoms with van der Waals surface area (Å²) in [5, 5.41) is 6.03. The third-order valence-electron chi connectivity index (χ3n) is 5.19. The van der Waals surface area contributed by atoms with Crippen molar-refractivity contribution in [3.63, 3.8) is 0 Å². The molecule has 2 aromatic carbocycles. The summed E-state index contributed by atoms with van der Waals surface area (Å²) in [6.07, 6.45) is 2.23. The standard InChI is InChI=1S/C23H32N2O3S/c1-6-17(4)18-11-13-19(14-12-18)23(16(2)3)24-15-22(26)25-20-9-7-8-10-21(20)29(5,27)28/h7-14,16-17,23-24H,6,15H2,1-5H3,(H,25,26)/t17-,23+/m1/s1. The predicted octanol–water partition coefficient (Wildman–Crippen LogP) is 4.53. The van der Waals surface area contributed by atoms with Crippen LogP contribution in [-0.2, 0) is 14.6 Å². The lowest BCUT2D eigenvalue weighted by Gasteiger charge is -2.23. The first-order valence-electron chi connectivity index (χ1n) is 10.1. The van der Waals surface area contributed by atoms with Crippen LogP contribution in [0.25, 0.3) is 0 Å². The number of hydrogen-bond acceptors (Lipinski definition) is 4. The lowest BCUT2D eigenvalue weighted by molar-refractivity contribution is -0.115. The highest BCUT2D eigenvalue weighted by Crippen LogP contribution is 2.25. The highest BCUT2D eigenvalue weighted by molar-refractivity contribution is 7.90. The van der Waals surface area contributed by atoms with E-state index >= 15 is 0 Å². The van der Waals surface area contributed by atoms with Gasteiger partial charge in [-0.05, 0) is 41.5 Å². The van der Waals surface area contributed by atoms with E-state index in [1.165, 1.54) is 11.6 Å².